The summed E-state index contributed by atoms with van der Waals surface area (Å²) in [5.41, 5.74) is 6.59. The van der Waals surface area contributed by atoms with Gasteiger partial charge < -0.3 is 16.0 Å². The molecule has 1 aliphatic rings. The van der Waals surface area contributed by atoms with E-state index in [1.165, 1.54) is 0 Å². The number of nitrogens with zero attached hydrogens (tertiary/aromatic N) is 1. The molecule has 1 saturated heterocycles. The number of amides is 2. The summed E-state index contributed by atoms with van der Waals surface area (Å²) in [5.74, 6) is -0.314. The molecule has 5 nitrogen and oxygen atoms in total. The molecule has 2 rings (SSSR count). The Labute approximate surface area is 144 Å². The van der Waals surface area contributed by atoms with E-state index in [-0.39, 0.29) is 35.7 Å². The van der Waals surface area contributed by atoms with Crippen molar-refractivity contribution >= 4 is 11.8 Å². The van der Waals surface area contributed by atoms with Crippen LogP contribution in [0.25, 0.3) is 0 Å². The highest BCUT2D eigenvalue weighted by molar-refractivity contribution is 5.89. The van der Waals surface area contributed by atoms with Crippen molar-refractivity contribution in [3.63, 3.8) is 0 Å². The van der Waals surface area contributed by atoms with Crippen LogP contribution in [-0.2, 0) is 9.59 Å². The predicted octanol–water partition coefficient (Wildman–Crippen LogP) is 2.23. The van der Waals surface area contributed by atoms with Gasteiger partial charge in [-0.3, -0.25) is 9.59 Å². The molecule has 132 valence electrons. The monoisotopic (exact) mass is 331 g/mol. The SMILES string of the molecule is CCC(CC)(CN)NC(=O)C1CC(=O)N(C(C)c2ccccc2)C1. The average Bonchev–Trinajstić information content (AvgIpc) is 3.01. The fraction of sp³-hybridized carbons (Fsp3) is 0.579. The largest absolute Gasteiger partial charge is 0.349 e. The number of hydrogen-bond acceptors (Lipinski definition) is 3. The van der Waals surface area contributed by atoms with Crippen LogP contribution in [0.4, 0.5) is 0 Å². The van der Waals surface area contributed by atoms with Crippen molar-refractivity contribution in [2.45, 2.75) is 51.6 Å². The van der Waals surface area contributed by atoms with Gasteiger partial charge in [0.15, 0.2) is 0 Å². The molecule has 0 spiro atoms. The zero-order valence-corrected chi connectivity index (χ0v) is 14.9. The Balaban J connectivity index is 2.05. The van der Waals surface area contributed by atoms with Gasteiger partial charge >= 0.3 is 0 Å². The zero-order chi connectivity index (χ0) is 17.7. The van der Waals surface area contributed by atoms with E-state index in [2.05, 4.69) is 5.32 Å². The Morgan fingerprint density at radius 3 is 2.50 bits per heavy atom. The van der Waals surface area contributed by atoms with Gasteiger partial charge in [0.25, 0.3) is 0 Å². The lowest BCUT2D eigenvalue weighted by molar-refractivity contribution is -0.130. The van der Waals surface area contributed by atoms with E-state index in [0.29, 0.717) is 13.1 Å². The first-order valence-electron chi connectivity index (χ1n) is 8.82. The van der Waals surface area contributed by atoms with Gasteiger partial charge in [0.1, 0.15) is 0 Å². The number of likely N-dealkylation sites (tertiary alicyclic amines) is 1. The molecule has 1 aromatic carbocycles. The molecule has 0 radical (unpaired) electrons. The lowest BCUT2D eigenvalue weighted by atomic mass is 9.91. The van der Waals surface area contributed by atoms with Gasteiger partial charge in [-0.15, -0.1) is 0 Å². The molecule has 1 aliphatic heterocycles. The van der Waals surface area contributed by atoms with Crippen LogP contribution in [-0.4, -0.2) is 35.3 Å². The second-order valence-corrected chi connectivity index (χ2v) is 6.71. The van der Waals surface area contributed by atoms with E-state index in [9.17, 15) is 9.59 Å². The number of rotatable bonds is 7. The zero-order valence-electron chi connectivity index (χ0n) is 14.9. The van der Waals surface area contributed by atoms with Crippen molar-refractivity contribution in [2.75, 3.05) is 13.1 Å². The fourth-order valence-corrected chi connectivity index (χ4v) is 3.32. The van der Waals surface area contributed by atoms with Crippen LogP contribution in [0.5, 0.6) is 0 Å². The fourth-order valence-electron chi connectivity index (χ4n) is 3.32. The number of nitrogens with two attached hydrogens (primary N) is 1. The van der Waals surface area contributed by atoms with Gasteiger partial charge in [-0.25, -0.2) is 0 Å². The van der Waals surface area contributed by atoms with Crippen LogP contribution >= 0.6 is 0 Å². The van der Waals surface area contributed by atoms with E-state index in [1.807, 2.05) is 56.0 Å². The summed E-state index contributed by atoms with van der Waals surface area (Å²) in [6.07, 6.45) is 1.85. The second kappa shape index (κ2) is 7.79. The van der Waals surface area contributed by atoms with Gasteiger partial charge in [-0.2, -0.15) is 0 Å². The first kappa shape index (κ1) is 18.5. The van der Waals surface area contributed by atoms with E-state index >= 15 is 0 Å². The maximum Gasteiger partial charge on any atom is 0.225 e. The number of carbonyl (C=O) groups excluding carboxylic acids is 2. The lowest BCUT2D eigenvalue weighted by Gasteiger charge is -2.32. The summed E-state index contributed by atoms with van der Waals surface area (Å²) in [5, 5.41) is 3.10. The Hall–Kier alpha value is -1.88. The van der Waals surface area contributed by atoms with Crippen molar-refractivity contribution < 1.29 is 9.59 Å². The molecule has 0 saturated carbocycles. The maximum atomic E-state index is 12.6. The summed E-state index contributed by atoms with van der Waals surface area (Å²) >= 11 is 0. The van der Waals surface area contributed by atoms with Gasteiger partial charge in [-0.05, 0) is 25.3 Å². The Bertz CT molecular complexity index is 561. The number of carbonyl (C=O) groups is 2. The summed E-state index contributed by atoms with van der Waals surface area (Å²) in [6, 6.07) is 9.90. The molecule has 2 atom stereocenters. The molecule has 1 fully saturated rings. The highest BCUT2D eigenvalue weighted by Gasteiger charge is 2.39. The second-order valence-electron chi connectivity index (χ2n) is 6.71. The molecular weight excluding hydrogens is 302 g/mol. The van der Waals surface area contributed by atoms with Crippen LogP contribution in [0.1, 0.15) is 51.6 Å². The molecule has 0 bridgehead atoms. The van der Waals surface area contributed by atoms with Crippen molar-refractivity contribution in [3.8, 4) is 0 Å². The van der Waals surface area contributed by atoms with Gasteiger partial charge in [0, 0.05) is 19.5 Å². The minimum Gasteiger partial charge on any atom is -0.349 e. The third kappa shape index (κ3) is 3.78. The third-order valence-corrected chi connectivity index (χ3v) is 5.41. The predicted molar refractivity (Wildman–Crippen MR) is 95.2 cm³/mol. The Morgan fingerprint density at radius 2 is 1.96 bits per heavy atom. The van der Waals surface area contributed by atoms with Crippen molar-refractivity contribution in [1.29, 1.82) is 0 Å². The number of nitrogens with one attached hydrogen (secondary N) is 1. The summed E-state index contributed by atoms with van der Waals surface area (Å²) in [6.45, 7) is 6.95. The smallest absolute Gasteiger partial charge is 0.225 e. The standard InChI is InChI=1S/C19H29N3O2/c1-4-19(5-2,13-20)21-18(24)16-11-17(23)22(12-16)14(3)15-9-7-6-8-10-15/h6-10,14,16H,4-5,11-13,20H2,1-3H3,(H,21,24). The number of hydrogen-bond donors (Lipinski definition) is 2. The maximum absolute atomic E-state index is 12.6. The molecule has 3 N–H and O–H groups in total. The van der Waals surface area contributed by atoms with Gasteiger partial charge in [0.2, 0.25) is 11.8 Å². The summed E-state index contributed by atoms with van der Waals surface area (Å²) < 4.78 is 0. The Morgan fingerprint density at radius 1 is 1.33 bits per heavy atom. The average molecular weight is 331 g/mol. The minimum absolute atomic E-state index is 0.0203. The van der Waals surface area contributed by atoms with E-state index < -0.39 is 0 Å². The van der Waals surface area contributed by atoms with Gasteiger partial charge in [-0.1, -0.05) is 44.2 Å². The summed E-state index contributed by atoms with van der Waals surface area (Å²) in [7, 11) is 0. The molecular formula is C19H29N3O2. The molecule has 2 amide bonds. The van der Waals surface area contributed by atoms with Crippen molar-refractivity contribution in [1.82, 2.24) is 10.2 Å². The first-order valence-corrected chi connectivity index (χ1v) is 8.82. The van der Waals surface area contributed by atoms with Crippen LogP contribution < -0.4 is 11.1 Å². The number of benzene rings is 1. The first-order chi connectivity index (χ1) is 11.5. The normalized spacial score (nSPS) is 19.4. The lowest BCUT2D eigenvalue weighted by Crippen LogP contribution is -2.54. The van der Waals surface area contributed by atoms with E-state index in [4.69, 9.17) is 5.73 Å². The van der Waals surface area contributed by atoms with E-state index in [1.54, 1.807) is 0 Å². The molecule has 5 heteroatoms. The van der Waals surface area contributed by atoms with Crippen LogP contribution in [0.2, 0.25) is 0 Å². The van der Waals surface area contributed by atoms with Gasteiger partial charge in [0.05, 0.1) is 17.5 Å². The quantitative estimate of drug-likeness (QED) is 0.804. The van der Waals surface area contributed by atoms with E-state index in [0.717, 1.165) is 18.4 Å². The summed E-state index contributed by atoms with van der Waals surface area (Å²) in [4.78, 5) is 26.8. The highest BCUT2D eigenvalue weighted by atomic mass is 16.2. The molecule has 24 heavy (non-hydrogen) atoms. The van der Waals surface area contributed by atoms with Crippen LogP contribution in [0.3, 0.4) is 0 Å². The topological polar surface area (TPSA) is 75.4 Å². The minimum atomic E-state index is -0.363. The van der Waals surface area contributed by atoms with Crippen LogP contribution in [0.15, 0.2) is 30.3 Å². The van der Waals surface area contributed by atoms with Crippen molar-refractivity contribution in [3.05, 3.63) is 35.9 Å². The third-order valence-electron chi connectivity index (χ3n) is 5.41. The molecule has 0 aromatic heterocycles. The highest BCUT2D eigenvalue weighted by Crippen LogP contribution is 2.29. The molecule has 0 aliphatic carbocycles. The Kier molecular flexibility index (Phi) is 5.99. The van der Waals surface area contributed by atoms with Crippen LogP contribution in [0, 0.1) is 5.92 Å². The molecule has 2 unspecified atom stereocenters. The molecule has 1 aromatic rings. The molecule has 1 heterocycles. The van der Waals surface area contributed by atoms with Crippen molar-refractivity contribution in [2.24, 2.45) is 11.7 Å².